The Balaban J connectivity index is 1.84. The second-order valence-corrected chi connectivity index (χ2v) is 6.09. The number of anilines is 2. The van der Waals surface area contributed by atoms with Gasteiger partial charge in [-0.1, -0.05) is 0 Å². The monoisotopic (exact) mass is 302 g/mol. The van der Waals surface area contributed by atoms with E-state index in [-0.39, 0.29) is 11.8 Å². The molecule has 118 valence electrons. The predicted molar refractivity (Wildman–Crippen MR) is 86.0 cm³/mol. The molecule has 2 heterocycles. The fourth-order valence-corrected chi connectivity index (χ4v) is 3.10. The van der Waals surface area contributed by atoms with Crippen molar-refractivity contribution in [1.82, 2.24) is 4.90 Å². The topological polar surface area (TPSA) is 78.7 Å². The van der Waals surface area contributed by atoms with Crippen LogP contribution in [0.4, 0.5) is 11.4 Å². The number of nitrogens with one attached hydrogen (secondary N) is 1. The van der Waals surface area contributed by atoms with Gasteiger partial charge in [0, 0.05) is 38.7 Å². The fourth-order valence-electron chi connectivity index (χ4n) is 3.10. The van der Waals surface area contributed by atoms with Crippen molar-refractivity contribution < 1.29 is 9.59 Å². The Morgan fingerprint density at radius 2 is 2.23 bits per heavy atom. The van der Waals surface area contributed by atoms with Gasteiger partial charge < -0.3 is 20.9 Å². The summed E-state index contributed by atoms with van der Waals surface area (Å²) < 4.78 is 0. The van der Waals surface area contributed by atoms with Crippen molar-refractivity contribution in [2.45, 2.75) is 12.8 Å². The second-order valence-electron chi connectivity index (χ2n) is 6.09. The van der Waals surface area contributed by atoms with Gasteiger partial charge in [-0.3, -0.25) is 9.59 Å². The van der Waals surface area contributed by atoms with E-state index in [1.54, 1.807) is 6.07 Å². The van der Waals surface area contributed by atoms with Crippen LogP contribution >= 0.6 is 0 Å². The van der Waals surface area contributed by atoms with Crippen LogP contribution in [-0.4, -0.2) is 49.9 Å². The first-order chi connectivity index (χ1) is 10.6. The van der Waals surface area contributed by atoms with Gasteiger partial charge in [-0.2, -0.15) is 0 Å². The van der Waals surface area contributed by atoms with E-state index >= 15 is 0 Å². The van der Waals surface area contributed by atoms with E-state index in [9.17, 15) is 9.59 Å². The Bertz CT molecular complexity index is 602. The highest BCUT2D eigenvalue weighted by molar-refractivity contribution is 6.01. The summed E-state index contributed by atoms with van der Waals surface area (Å²) in [5.74, 6) is 0.398. The SMILES string of the molecule is CN1CCC(=O)Nc2cc(C(=O)N3CCC(CN)C3)ccc21. The standard InChI is InChI=1S/C16H22N4O2/c1-19-6-5-15(21)18-13-8-12(2-3-14(13)19)16(22)20-7-4-11(9-17)10-20/h2-3,8,11H,4-7,9-10,17H2,1H3,(H,18,21). The first-order valence-electron chi connectivity index (χ1n) is 7.73. The Labute approximate surface area is 130 Å². The summed E-state index contributed by atoms with van der Waals surface area (Å²) in [6, 6.07) is 5.53. The molecule has 0 radical (unpaired) electrons. The van der Waals surface area contributed by atoms with Crippen LogP contribution in [0.1, 0.15) is 23.2 Å². The molecule has 22 heavy (non-hydrogen) atoms. The summed E-state index contributed by atoms with van der Waals surface area (Å²) in [4.78, 5) is 28.2. The van der Waals surface area contributed by atoms with Crippen molar-refractivity contribution in [3.8, 4) is 0 Å². The Hall–Kier alpha value is -2.08. The van der Waals surface area contributed by atoms with E-state index in [1.807, 2.05) is 29.0 Å². The van der Waals surface area contributed by atoms with Crippen LogP contribution in [0.3, 0.4) is 0 Å². The van der Waals surface area contributed by atoms with Crippen LogP contribution in [0, 0.1) is 5.92 Å². The number of likely N-dealkylation sites (tertiary alicyclic amines) is 1. The minimum atomic E-state index is -0.0143. The van der Waals surface area contributed by atoms with Crippen LogP contribution < -0.4 is 16.0 Å². The van der Waals surface area contributed by atoms with E-state index in [0.29, 0.717) is 36.7 Å². The summed E-state index contributed by atoms with van der Waals surface area (Å²) in [6.45, 7) is 2.77. The third-order valence-corrected chi connectivity index (χ3v) is 4.51. The maximum absolute atomic E-state index is 12.6. The summed E-state index contributed by atoms with van der Waals surface area (Å²) >= 11 is 0. The van der Waals surface area contributed by atoms with Gasteiger partial charge in [0.2, 0.25) is 5.91 Å². The van der Waals surface area contributed by atoms with Gasteiger partial charge in [0.25, 0.3) is 5.91 Å². The highest BCUT2D eigenvalue weighted by atomic mass is 16.2. The average molecular weight is 302 g/mol. The molecule has 0 aliphatic carbocycles. The number of rotatable bonds is 2. The van der Waals surface area contributed by atoms with Gasteiger partial charge in [-0.25, -0.2) is 0 Å². The summed E-state index contributed by atoms with van der Waals surface area (Å²) in [6.07, 6.45) is 1.42. The van der Waals surface area contributed by atoms with Crippen LogP contribution in [0.15, 0.2) is 18.2 Å². The quantitative estimate of drug-likeness (QED) is 0.850. The molecule has 6 nitrogen and oxygen atoms in total. The molecule has 2 amide bonds. The first-order valence-corrected chi connectivity index (χ1v) is 7.73. The highest BCUT2D eigenvalue weighted by Gasteiger charge is 2.27. The Morgan fingerprint density at radius 3 is 2.95 bits per heavy atom. The Kier molecular flexibility index (Phi) is 4.02. The molecule has 1 unspecified atom stereocenters. The van der Waals surface area contributed by atoms with Crippen molar-refractivity contribution in [1.29, 1.82) is 0 Å². The molecule has 3 rings (SSSR count). The molecule has 0 saturated carbocycles. The van der Waals surface area contributed by atoms with Gasteiger partial charge in [-0.15, -0.1) is 0 Å². The van der Waals surface area contributed by atoms with Crippen molar-refractivity contribution in [2.75, 3.05) is 43.4 Å². The normalized spacial score (nSPS) is 21.4. The molecule has 1 aromatic carbocycles. The van der Waals surface area contributed by atoms with E-state index in [0.717, 1.165) is 25.2 Å². The number of fused-ring (bicyclic) bond motifs is 1. The molecule has 6 heteroatoms. The molecule has 1 fully saturated rings. The van der Waals surface area contributed by atoms with Gasteiger partial charge in [-0.05, 0) is 37.1 Å². The van der Waals surface area contributed by atoms with E-state index in [2.05, 4.69) is 5.32 Å². The lowest BCUT2D eigenvalue weighted by molar-refractivity contribution is -0.115. The van der Waals surface area contributed by atoms with E-state index in [4.69, 9.17) is 5.73 Å². The predicted octanol–water partition coefficient (Wildman–Crippen LogP) is 0.886. The van der Waals surface area contributed by atoms with Crippen LogP contribution in [0.2, 0.25) is 0 Å². The highest BCUT2D eigenvalue weighted by Crippen LogP contribution is 2.30. The van der Waals surface area contributed by atoms with Crippen LogP contribution in [0.25, 0.3) is 0 Å². The number of carbonyl (C=O) groups excluding carboxylic acids is 2. The summed E-state index contributed by atoms with van der Waals surface area (Å²) in [5.41, 5.74) is 7.96. The molecule has 2 aliphatic heterocycles. The van der Waals surface area contributed by atoms with E-state index < -0.39 is 0 Å². The number of hydrogen-bond donors (Lipinski definition) is 2. The minimum Gasteiger partial charge on any atom is -0.372 e. The van der Waals surface area contributed by atoms with Crippen molar-refractivity contribution in [3.05, 3.63) is 23.8 Å². The van der Waals surface area contributed by atoms with Crippen molar-refractivity contribution in [2.24, 2.45) is 11.7 Å². The second kappa shape index (κ2) is 5.96. The Morgan fingerprint density at radius 1 is 1.41 bits per heavy atom. The zero-order valence-corrected chi connectivity index (χ0v) is 12.8. The lowest BCUT2D eigenvalue weighted by atomic mass is 10.1. The van der Waals surface area contributed by atoms with Gasteiger partial charge in [0.15, 0.2) is 0 Å². The maximum atomic E-state index is 12.6. The number of amides is 2. The molecular weight excluding hydrogens is 280 g/mol. The molecule has 1 aromatic rings. The molecule has 2 aliphatic rings. The lowest BCUT2D eigenvalue weighted by Crippen LogP contribution is -2.30. The number of carbonyl (C=O) groups is 2. The van der Waals surface area contributed by atoms with Gasteiger partial charge in [0.05, 0.1) is 11.4 Å². The third kappa shape index (κ3) is 2.78. The lowest BCUT2D eigenvalue weighted by Gasteiger charge is -2.20. The van der Waals surface area contributed by atoms with Gasteiger partial charge in [0.1, 0.15) is 0 Å². The van der Waals surface area contributed by atoms with Crippen molar-refractivity contribution >= 4 is 23.2 Å². The average Bonchev–Trinajstić information content (AvgIpc) is 2.95. The zero-order chi connectivity index (χ0) is 15.7. The smallest absolute Gasteiger partial charge is 0.253 e. The number of hydrogen-bond acceptors (Lipinski definition) is 4. The summed E-state index contributed by atoms with van der Waals surface area (Å²) in [7, 11) is 1.95. The molecule has 1 saturated heterocycles. The fraction of sp³-hybridized carbons (Fsp3) is 0.500. The molecule has 0 bridgehead atoms. The molecule has 0 spiro atoms. The van der Waals surface area contributed by atoms with E-state index in [1.165, 1.54) is 0 Å². The maximum Gasteiger partial charge on any atom is 0.253 e. The van der Waals surface area contributed by atoms with Gasteiger partial charge >= 0.3 is 0 Å². The molecular formula is C16H22N4O2. The first kappa shape index (κ1) is 14.8. The zero-order valence-electron chi connectivity index (χ0n) is 12.8. The molecule has 1 atom stereocenters. The summed E-state index contributed by atoms with van der Waals surface area (Å²) in [5, 5.41) is 2.89. The minimum absolute atomic E-state index is 0.0138. The molecule has 3 N–H and O–H groups in total. The number of nitrogens with zero attached hydrogens (tertiary/aromatic N) is 2. The molecule has 0 aromatic heterocycles. The van der Waals surface area contributed by atoms with Crippen molar-refractivity contribution in [3.63, 3.8) is 0 Å². The van der Waals surface area contributed by atoms with Crippen LogP contribution in [0.5, 0.6) is 0 Å². The number of nitrogens with two attached hydrogens (primary N) is 1. The third-order valence-electron chi connectivity index (χ3n) is 4.51. The van der Waals surface area contributed by atoms with Crippen LogP contribution in [-0.2, 0) is 4.79 Å². The largest absolute Gasteiger partial charge is 0.372 e. The number of benzene rings is 1.